The van der Waals surface area contributed by atoms with Gasteiger partial charge in [0.1, 0.15) is 5.69 Å². The lowest BCUT2D eigenvalue weighted by Gasteiger charge is -2.03. The fraction of sp³-hybridized carbons (Fsp3) is 0.231. The van der Waals surface area contributed by atoms with Crippen molar-refractivity contribution in [3.05, 3.63) is 35.9 Å². The van der Waals surface area contributed by atoms with Crippen molar-refractivity contribution < 1.29 is 19.5 Å². The number of methoxy groups -OCH3 is 1. The first-order valence-corrected chi connectivity index (χ1v) is 5.66. The second kappa shape index (κ2) is 5.43. The molecule has 0 unspecified atom stereocenters. The third kappa shape index (κ3) is 2.85. The van der Waals surface area contributed by atoms with E-state index in [0.717, 1.165) is 16.0 Å². The van der Waals surface area contributed by atoms with Gasteiger partial charge in [-0.1, -0.05) is 34.2 Å². The van der Waals surface area contributed by atoms with Crippen LogP contribution in [-0.4, -0.2) is 34.8 Å². The topological polar surface area (TPSA) is 73.6 Å². The van der Waals surface area contributed by atoms with Gasteiger partial charge in [0, 0.05) is 11.6 Å². The number of carbonyl (C=O) groups excluding carboxylic acids is 1. The zero-order valence-electron chi connectivity index (χ0n) is 10.7. The van der Waals surface area contributed by atoms with Gasteiger partial charge in [-0.3, -0.25) is 0 Å². The summed E-state index contributed by atoms with van der Waals surface area (Å²) in [6.45, 7) is 1.68. The van der Waals surface area contributed by atoms with E-state index in [4.69, 9.17) is 4.74 Å². The minimum Gasteiger partial charge on any atom is -0.466 e. The average Bonchev–Trinajstić information content (AvgIpc) is 2.77. The Morgan fingerprint density at radius 3 is 2.84 bits per heavy atom. The molecule has 0 fully saturated rings. The fourth-order valence-electron chi connectivity index (χ4n) is 1.66. The van der Waals surface area contributed by atoms with E-state index >= 15 is 0 Å². The molecule has 0 bridgehead atoms. The molecule has 0 saturated carbocycles. The Bertz CT molecular complexity index is 592. The minimum atomic E-state index is -0.509. The quantitative estimate of drug-likeness (QED) is 0.670. The maximum absolute atomic E-state index is 11.0. The molecule has 1 heterocycles. The minimum absolute atomic E-state index is 0.158. The molecule has 6 heteroatoms. The van der Waals surface area contributed by atoms with Gasteiger partial charge in [0.2, 0.25) is 5.88 Å². The monoisotopic (exact) mass is 262 g/mol. The number of benzene rings is 1. The Kier molecular flexibility index (Phi) is 3.70. The smallest absolute Gasteiger partial charge is 0.343 e. The van der Waals surface area contributed by atoms with Crippen molar-refractivity contribution in [1.82, 2.24) is 9.94 Å². The van der Waals surface area contributed by atoms with Crippen molar-refractivity contribution in [3.8, 4) is 17.1 Å². The first-order chi connectivity index (χ1) is 9.11. The van der Waals surface area contributed by atoms with Gasteiger partial charge in [0.25, 0.3) is 0 Å². The number of aryl methyl sites for hydroxylation is 1. The highest BCUT2D eigenvalue weighted by Crippen LogP contribution is 2.25. The van der Waals surface area contributed by atoms with E-state index in [-0.39, 0.29) is 12.5 Å². The lowest BCUT2D eigenvalue weighted by molar-refractivity contribution is -0.143. The summed E-state index contributed by atoms with van der Waals surface area (Å²) in [5.74, 6) is -0.351. The van der Waals surface area contributed by atoms with Crippen LogP contribution in [0, 0.1) is 6.92 Å². The van der Waals surface area contributed by atoms with E-state index in [2.05, 4.69) is 9.84 Å². The summed E-state index contributed by atoms with van der Waals surface area (Å²) in [5.41, 5.74) is 2.33. The third-order valence-corrected chi connectivity index (χ3v) is 2.66. The number of carbonyl (C=O) groups is 1. The van der Waals surface area contributed by atoms with Gasteiger partial charge >= 0.3 is 5.97 Å². The first kappa shape index (κ1) is 12.9. The van der Waals surface area contributed by atoms with Crippen LogP contribution in [0.5, 0.6) is 5.88 Å². The van der Waals surface area contributed by atoms with Gasteiger partial charge in [-0.05, 0) is 12.5 Å². The molecule has 100 valence electrons. The molecule has 0 radical (unpaired) electrons. The Morgan fingerprint density at radius 1 is 1.42 bits per heavy atom. The van der Waals surface area contributed by atoms with E-state index < -0.39 is 5.97 Å². The van der Waals surface area contributed by atoms with E-state index in [9.17, 15) is 10.0 Å². The highest BCUT2D eigenvalue weighted by molar-refractivity contribution is 5.71. The van der Waals surface area contributed by atoms with Crippen molar-refractivity contribution >= 4 is 5.97 Å². The van der Waals surface area contributed by atoms with E-state index in [1.54, 1.807) is 6.07 Å². The largest absolute Gasteiger partial charge is 0.466 e. The molecule has 0 atom stereocenters. The lowest BCUT2D eigenvalue weighted by atomic mass is 10.1. The molecule has 0 spiro atoms. The predicted molar refractivity (Wildman–Crippen MR) is 67.1 cm³/mol. The number of nitrogens with zero attached hydrogens (tertiary/aromatic N) is 2. The number of aromatic nitrogens is 2. The predicted octanol–water partition coefficient (Wildman–Crippen LogP) is 1.65. The highest BCUT2D eigenvalue weighted by Gasteiger charge is 2.13. The molecule has 6 nitrogen and oxygen atoms in total. The van der Waals surface area contributed by atoms with Crippen LogP contribution in [0.2, 0.25) is 0 Å². The molecule has 0 aliphatic carbocycles. The summed E-state index contributed by atoms with van der Waals surface area (Å²) < 4.78 is 9.57. The number of esters is 1. The molecular weight excluding hydrogens is 248 g/mol. The first-order valence-electron chi connectivity index (χ1n) is 5.66. The summed E-state index contributed by atoms with van der Waals surface area (Å²) in [7, 11) is 1.27. The van der Waals surface area contributed by atoms with Gasteiger partial charge in [0.05, 0.1) is 7.11 Å². The molecule has 0 aliphatic heterocycles. The van der Waals surface area contributed by atoms with Crippen LogP contribution in [-0.2, 0) is 9.53 Å². The number of hydrogen-bond acceptors (Lipinski definition) is 5. The zero-order chi connectivity index (χ0) is 13.8. The molecule has 2 aromatic rings. The van der Waals surface area contributed by atoms with Crippen molar-refractivity contribution in [2.75, 3.05) is 13.7 Å². The average molecular weight is 262 g/mol. The van der Waals surface area contributed by atoms with Crippen LogP contribution in [0.15, 0.2) is 30.3 Å². The number of ether oxygens (including phenoxy) is 2. The van der Waals surface area contributed by atoms with Gasteiger partial charge < -0.3 is 14.7 Å². The van der Waals surface area contributed by atoms with Gasteiger partial charge in [-0.15, -0.1) is 0 Å². The van der Waals surface area contributed by atoms with Crippen LogP contribution in [0.3, 0.4) is 0 Å². The fourth-order valence-corrected chi connectivity index (χ4v) is 1.66. The van der Waals surface area contributed by atoms with Crippen molar-refractivity contribution in [2.45, 2.75) is 6.92 Å². The van der Waals surface area contributed by atoms with Crippen molar-refractivity contribution in [2.24, 2.45) is 0 Å². The van der Waals surface area contributed by atoms with E-state index in [0.29, 0.717) is 5.69 Å². The Labute approximate surface area is 110 Å². The molecule has 1 aromatic carbocycles. The molecular formula is C13H14N2O4. The standard InChI is InChI=1S/C13H14N2O4/c1-9-5-3-4-6-10(9)11-7-12(14-15(11)17)19-8-13(16)18-2/h3-7,17H,8H2,1-2H3. The van der Waals surface area contributed by atoms with Gasteiger partial charge in [0.15, 0.2) is 6.61 Å². The van der Waals surface area contributed by atoms with Crippen molar-refractivity contribution in [3.63, 3.8) is 0 Å². The van der Waals surface area contributed by atoms with Crippen LogP contribution in [0.4, 0.5) is 0 Å². The molecule has 2 rings (SSSR count). The van der Waals surface area contributed by atoms with Crippen LogP contribution < -0.4 is 4.74 Å². The summed E-state index contributed by atoms with van der Waals surface area (Å²) in [6.07, 6.45) is 0. The van der Waals surface area contributed by atoms with Crippen molar-refractivity contribution in [1.29, 1.82) is 0 Å². The van der Waals surface area contributed by atoms with E-state index in [1.807, 2.05) is 31.2 Å². The highest BCUT2D eigenvalue weighted by atomic mass is 16.6. The Balaban J connectivity index is 2.22. The maximum Gasteiger partial charge on any atom is 0.343 e. The van der Waals surface area contributed by atoms with Crippen LogP contribution in [0.25, 0.3) is 11.3 Å². The van der Waals surface area contributed by atoms with Gasteiger partial charge in [-0.2, -0.15) is 0 Å². The molecule has 0 amide bonds. The molecule has 1 N–H and O–H groups in total. The lowest BCUT2D eigenvalue weighted by Crippen LogP contribution is -2.12. The summed E-state index contributed by atoms with van der Waals surface area (Å²) in [6, 6.07) is 9.13. The van der Waals surface area contributed by atoms with E-state index in [1.165, 1.54) is 7.11 Å². The SMILES string of the molecule is COC(=O)COc1cc(-c2ccccc2C)n(O)n1. The molecule has 0 aliphatic rings. The summed E-state index contributed by atoms with van der Waals surface area (Å²) >= 11 is 0. The molecule has 19 heavy (non-hydrogen) atoms. The Hall–Kier alpha value is -2.50. The molecule has 0 saturated heterocycles. The Morgan fingerprint density at radius 2 is 2.16 bits per heavy atom. The number of rotatable bonds is 4. The molecule has 1 aromatic heterocycles. The van der Waals surface area contributed by atoms with Crippen LogP contribution >= 0.6 is 0 Å². The normalized spacial score (nSPS) is 10.2. The summed E-state index contributed by atoms with van der Waals surface area (Å²) in [4.78, 5) is 11.7. The second-order valence-electron chi connectivity index (χ2n) is 3.94. The summed E-state index contributed by atoms with van der Waals surface area (Å²) in [5, 5.41) is 13.5. The zero-order valence-corrected chi connectivity index (χ0v) is 10.7. The second-order valence-corrected chi connectivity index (χ2v) is 3.94. The van der Waals surface area contributed by atoms with Gasteiger partial charge in [-0.25, -0.2) is 4.79 Å². The number of hydrogen-bond donors (Lipinski definition) is 1. The third-order valence-electron chi connectivity index (χ3n) is 2.66. The van der Waals surface area contributed by atoms with Crippen LogP contribution in [0.1, 0.15) is 5.56 Å². The maximum atomic E-state index is 11.0.